The first kappa shape index (κ1) is 22.5. The lowest BCUT2D eigenvalue weighted by atomic mass is 10.1. The van der Waals surface area contributed by atoms with E-state index in [1.807, 2.05) is 0 Å². The molecule has 0 radical (unpaired) electrons. The number of benzene rings is 2. The Morgan fingerprint density at radius 3 is 2.59 bits per heavy atom. The molecule has 1 amide bonds. The van der Waals surface area contributed by atoms with E-state index in [-0.39, 0.29) is 12.1 Å². The molecular weight excluding hydrogens is 502 g/mol. The molecule has 7 nitrogen and oxygen atoms in total. The number of nitrogens with zero attached hydrogens (tertiary/aromatic N) is 4. The van der Waals surface area contributed by atoms with Crippen molar-refractivity contribution in [1.29, 1.82) is 0 Å². The average molecular weight is 518 g/mol. The third kappa shape index (κ3) is 4.16. The Balaban J connectivity index is 1.39. The summed E-state index contributed by atoms with van der Waals surface area (Å²) in [5, 5.41) is 7.17. The summed E-state index contributed by atoms with van der Waals surface area (Å²) < 4.78 is 18.3. The van der Waals surface area contributed by atoms with E-state index in [1.54, 1.807) is 58.7 Å². The van der Waals surface area contributed by atoms with E-state index < -0.39 is 11.7 Å². The summed E-state index contributed by atoms with van der Waals surface area (Å²) in [6.07, 6.45) is 3.46. The molecule has 2 aromatic carbocycles. The highest BCUT2D eigenvalue weighted by Gasteiger charge is 2.18. The lowest BCUT2D eigenvalue weighted by Crippen LogP contribution is -2.24. The van der Waals surface area contributed by atoms with Crippen molar-refractivity contribution in [2.45, 2.75) is 6.54 Å². The van der Waals surface area contributed by atoms with Crippen molar-refractivity contribution in [1.82, 2.24) is 24.3 Å². The maximum absolute atomic E-state index is 14.9. The highest BCUT2D eigenvalue weighted by atomic mass is 35.5. The van der Waals surface area contributed by atoms with E-state index >= 15 is 0 Å². The summed E-state index contributed by atoms with van der Waals surface area (Å²) in [6.45, 7) is 0.121. The standard InChI is InChI=1S/C23H16Cl3FN6O/c1-32-19-8-17(27)14(7-18(19)30-23(32)31-21-15(25)3-2-4-16(21)26)22(34)28-9-13-11-33-10-12(24)5-6-20(33)29-13/h2-8,10-11H,9H2,1H3,(H,28,34)(H,30,31). The number of amides is 1. The van der Waals surface area contributed by atoms with Gasteiger partial charge in [0.15, 0.2) is 0 Å². The Bertz CT molecular complexity index is 1560. The molecule has 5 aromatic rings. The minimum atomic E-state index is -0.669. The molecule has 0 saturated carbocycles. The predicted molar refractivity (Wildman–Crippen MR) is 132 cm³/mol. The molecule has 0 saturated heterocycles. The summed E-state index contributed by atoms with van der Waals surface area (Å²) >= 11 is 18.5. The monoisotopic (exact) mass is 516 g/mol. The van der Waals surface area contributed by atoms with Gasteiger partial charge in [0.1, 0.15) is 11.5 Å². The van der Waals surface area contributed by atoms with Gasteiger partial charge in [-0.15, -0.1) is 0 Å². The van der Waals surface area contributed by atoms with Crippen LogP contribution in [-0.4, -0.2) is 24.8 Å². The van der Waals surface area contributed by atoms with Gasteiger partial charge in [-0.2, -0.15) is 0 Å². The van der Waals surface area contributed by atoms with Crippen LogP contribution in [0.4, 0.5) is 16.0 Å². The van der Waals surface area contributed by atoms with Crippen molar-refractivity contribution in [3.05, 3.63) is 87.0 Å². The normalized spacial score (nSPS) is 11.3. The quantitative estimate of drug-likeness (QED) is 0.300. The molecule has 0 spiro atoms. The highest BCUT2D eigenvalue weighted by Crippen LogP contribution is 2.33. The molecule has 172 valence electrons. The zero-order valence-corrected chi connectivity index (χ0v) is 19.9. The Kier molecular flexibility index (Phi) is 5.81. The van der Waals surface area contributed by atoms with Crippen LogP contribution in [0.3, 0.4) is 0 Å². The molecule has 3 heterocycles. The SMILES string of the molecule is Cn1c(Nc2c(Cl)cccc2Cl)nc2cc(C(=O)NCc3cn4cc(Cl)ccc4n3)c(F)cc21. The van der Waals surface area contributed by atoms with E-state index in [4.69, 9.17) is 34.8 Å². The first-order valence-corrected chi connectivity index (χ1v) is 11.2. The van der Waals surface area contributed by atoms with Crippen molar-refractivity contribution in [2.75, 3.05) is 5.32 Å². The first-order valence-electron chi connectivity index (χ1n) is 10.1. The topological polar surface area (TPSA) is 76.2 Å². The van der Waals surface area contributed by atoms with Gasteiger partial charge in [0, 0.05) is 25.5 Å². The van der Waals surface area contributed by atoms with Gasteiger partial charge < -0.3 is 19.6 Å². The largest absolute Gasteiger partial charge is 0.346 e. The van der Waals surface area contributed by atoms with Crippen molar-refractivity contribution in [3.8, 4) is 0 Å². The number of carbonyl (C=O) groups excluding carboxylic acids is 1. The van der Waals surface area contributed by atoms with Crippen LogP contribution < -0.4 is 10.6 Å². The molecule has 0 aliphatic rings. The first-order chi connectivity index (χ1) is 16.3. The highest BCUT2D eigenvalue weighted by molar-refractivity contribution is 6.39. The summed E-state index contributed by atoms with van der Waals surface area (Å²) in [5.41, 5.74) is 2.58. The number of fused-ring (bicyclic) bond motifs is 2. The average Bonchev–Trinajstić information content (AvgIpc) is 3.34. The molecule has 0 fully saturated rings. The summed E-state index contributed by atoms with van der Waals surface area (Å²) in [7, 11) is 1.72. The van der Waals surface area contributed by atoms with Gasteiger partial charge in [0.2, 0.25) is 5.95 Å². The summed E-state index contributed by atoms with van der Waals surface area (Å²) in [5.74, 6) is -0.855. The van der Waals surface area contributed by atoms with Crippen molar-refractivity contribution >= 4 is 69.0 Å². The third-order valence-electron chi connectivity index (χ3n) is 5.31. The number of imidazole rings is 2. The number of rotatable bonds is 5. The summed E-state index contributed by atoms with van der Waals surface area (Å²) in [4.78, 5) is 21.6. The van der Waals surface area contributed by atoms with Crippen LogP contribution in [0.25, 0.3) is 16.7 Å². The van der Waals surface area contributed by atoms with Gasteiger partial charge in [-0.3, -0.25) is 4.79 Å². The molecule has 0 aliphatic carbocycles. The molecule has 0 bridgehead atoms. The Labute approximate surface area is 208 Å². The van der Waals surface area contributed by atoms with Crippen LogP contribution in [0.1, 0.15) is 16.1 Å². The fraction of sp³-hybridized carbons (Fsp3) is 0.0870. The summed E-state index contributed by atoms with van der Waals surface area (Å²) in [6, 6.07) is 11.3. The second-order valence-electron chi connectivity index (χ2n) is 7.56. The van der Waals surface area contributed by atoms with Crippen LogP contribution >= 0.6 is 34.8 Å². The van der Waals surface area contributed by atoms with Gasteiger partial charge in [-0.05, 0) is 30.3 Å². The Hall–Kier alpha value is -3.33. The van der Waals surface area contributed by atoms with E-state index in [2.05, 4.69) is 20.6 Å². The number of carbonyl (C=O) groups is 1. The zero-order chi connectivity index (χ0) is 24.0. The van der Waals surface area contributed by atoms with Gasteiger partial charge in [-0.1, -0.05) is 40.9 Å². The van der Waals surface area contributed by atoms with Crippen molar-refractivity contribution < 1.29 is 9.18 Å². The number of hydrogen-bond donors (Lipinski definition) is 2. The lowest BCUT2D eigenvalue weighted by Gasteiger charge is -2.09. The zero-order valence-electron chi connectivity index (χ0n) is 17.6. The minimum Gasteiger partial charge on any atom is -0.346 e. The number of anilines is 2. The number of aromatic nitrogens is 4. The molecule has 0 atom stereocenters. The Morgan fingerprint density at radius 1 is 1.06 bits per heavy atom. The molecule has 0 aliphatic heterocycles. The second kappa shape index (κ2) is 8.79. The molecule has 5 rings (SSSR count). The van der Waals surface area contributed by atoms with Crippen LogP contribution in [-0.2, 0) is 13.6 Å². The number of aryl methyl sites for hydroxylation is 1. The van der Waals surface area contributed by atoms with Gasteiger partial charge in [0.05, 0.1) is 49.6 Å². The number of para-hydroxylation sites is 1. The van der Waals surface area contributed by atoms with E-state index in [0.29, 0.717) is 49.1 Å². The van der Waals surface area contributed by atoms with Gasteiger partial charge >= 0.3 is 0 Å². The van der Waals surface area contributed by atoms with E-state index in [1.165, 1.54) is 12.1 Å². The van der Waals surface area contributed by atoms with Crippen LogP contribution in [0.5, 0.6) is 0 Å². The van der Waals surface area contributed by atoms with Crippen molar-refractivity contribution in [3.63, 3.8) is 0 Å². The molecule has 0 unspecified atom stereocenters. The maximum atomic E-state index is 14.9. The smallest absolute Gasteiger partial charge is 0.254 e. The predicted octanol–water partition coefficient (Wildman–Crippen LogP) is 5.99. The van der Waals surface area contributed by atoms with Crippen LogP contribution in [0.2, 0.25) is 15.1 Å². The number of nitrogens with one attached hydrogen (secondary N) is 2. The van der Waals surface area contributed by atoms with E-state index in [9.17, 15) is 9.18 Å². The van der Waals surface area contributed by atoms with Crippen molar-refractivity contribution in [2.24, 2.45) is 7.05 Å². The van der Waals surface area contributed by atoms with Crippen LogP contribution in [0.15, 0.2) is 54.9 Å². The molecular formula is C23H16Cl3FN6O. The molecule has 3 aromatic heterocycles. The fourth-order valence-electron chi connectivity index (χ4n) is 3.60. The molecule has 2 N–H and O–H groups in total. The molecule has 11 heteroatoms. The van der Waals surface area contributed by atoms with Gasteiger partial charge in [-0.25, -0.2) is 14.4 Å². The number of pyridine rings is 1. The lowest BCUT2D eigenvalue weighted by molar-refractivity contribution is 0.0946. The van der Waals surface area contributed by atoms with E-state index in [0.717, 1.165) is 0 Å². The Morgan fingerprint density at radius 2 is 1.82 bits per heavy atom. The third-order valence-corrected chi connectivity index (χ3v) is 6.16. The maximum Gasteiger partial charge on any atom is 0.254 e. The fourth-order valence-corrected chi connectivity index (χ4v) is 4.26. The molecule has 34 heavy (non-hydrogen) atoms. The number of halogens is 4. The number of hydrogen-bond acceptors (Lipinski definition) is 4. The second-order valence-corrected chi connectivity index (χ2v) is 8.82. The van der Waals surface area contributed by atoms with Crippen LogP contribution in [0, 0.1) is 5.82 Å². The van der Waals surface area contributed by atoms with Gasteiger partial charge in [0.25, 0.3) is 5.91 Å². The minimum absolute atomic E-state index is 0.121.